The first kappa shape index (κ1) is 17.9. The first-order chi connectivity index (χ1) is 9.93. The molecule has 0 aliphatic carbocycles. The van der Waals surface area contributed by atoms with E-state index >= 15 is 0 Å². The van der Waals surface area contributed by atoms with E-state index in [4.69, 9.17) is 11.2 Å². The molecular formula is C18H23BrO2. The van der Waals surface area contributed by atoms with Crippen molar-refractivity contribution >= 4 is 21.7 Å². The predicted octanol–water partition coefficient (Wildman–Crippen LogP) is 4.04. The summed E-state index contributed by atoms with van der Waals surface area (Å²) >= 11 is 3.31. The van der Waals surface area contributed by atoms with Crippen molar-refractivity contribution in [1.29, 1.82) is 0 Å². The lowest BCUT2D eigenvalue weighted by atomic mass is 9.74. The molecule has 1 rings (SSSR count). The fourth-order valence-corrected chi connectivity index (χ4v) is 2.96. The number of terminal acetylenes is 1. The summed E-state index contributed by atoms with van der Waals surface area (Å²) in [6, 6.07) is 8.16. The molecule has 0 saturated carbocycles. The fourth-order valence-electron chi connectivity index (χ4n) is 2.35. The van der Waals surface area contributed by atoms with Gasteiger partial charge in [-0.1, -0.05) is 51.7 Å². The Hall–Kier alpha value is -1.11. The first-order valence-corrected chi connectivity index (χ1v) is 8.27. The lowest BCUT2D eigenvalue weighted by Crippen LogP contribution is -2.34. The van der Waals surface area contributed by atoms with Gasteiger partial charge in [-0.3, -0.25) is 4.79 Å². The van der Waals surface area contributed by atoms with Crippen LogP contribution in [0, 0.1) is 19.3 Å². The summed E-state index contributed by atoms with van der Waals surface area (Å²) in [6.07, 6.45) is 6.79. The topological polar surface area (TPSA) is 26.3 Å². The number of hydrogen-bond acceptors (Lipinski definition) is 2. The molecule has 21 heavy (non-hydrogen) atoms. The molecule has 1 aromatic rings. The number of carbonyl (C=O) groups is 1. The van der Waals surface area contributed by atoms with Gasteiger partial charge in [0.05, 0.1) is 16.8 Å². The largest absolute Gasteiger partial charge is 0.366 e. The van der Waals surface area contributed by atoms with E-state index in [9.17, 15) is 4.79 Å². The Morgan fingerprint density at radius 2 is 2.24 bits per heavy atom. The van der Waals surface area contributed by atoms with Gasteiger partial charge < -0.3 is 4.74 Å². The van der Waals surface area contributed by atoms with Gasteiger partial charge in [-0.2, -0.15) is 0 Å². The standard InChI is InChI=1S/C18H23BrO2/c1-5-11-21-15(3)9-10-18(4,17(20)13-19)16-8-6-7-14(2)12-16/h1,6-8,12,15H,9-11,13H2,2-4H3. The number of rotatable bonds is 8. The van der Waals surface area contributed by atoms with Crippen molar-refractivity contribution in [2.75, 3.05) is 11.9 Å². The van der Waals surface area contributed by atoms with Crippen molar-refractivity contribution in [3.63, 3.8) is 0 Å². The molecule has 114 valence electrons. The van der Waals surface area contributed by atoms with Gasteiger partial charge >= 0.3 is 0 Å². The van der Waals surface area contributed by atoms with E-state index < -0.39 is 5.41 Å². The van der Waals surface area contributed by atoms with E-state index in [1.807, 2.05) is 39.0 Å². The van der Waals surface area contributed by atoms with Gasteiger partial charge in [-0.25, -0.2) is 0 Å². The summed E-state index contributed by atoms with van der Waals surface area (Å²) in [5.41, 5.74) is 1.73. The molecule has 1 aromatic carbocycles. The molecule has 2 nitrogen and oxygen atoms in total. The SMILES string of the molecule is C#CCOC(C)CCC(C)(C(=O)CBr)c1cccc(C)c1. The van der Waals surface area contributed by atoms with Gasteiger partial charge in [0.25, 0.3) is 0 Å². The molecule has 3 heteroatoms. The quantitative estimate of drug-likeness (QED) is 0.522. The van der Waals surface area contributed by atoms with Crippen LogP contribution in [0.1, 0.15) is 37.8 Å². The first-order valence-electron chi connectivity index (χ1n) is 7.15. The Kier molecular flexibility index (Phi) is 7.14. The van der Waals surface area contributed by atoms with E-state index in [1.54, 1.807) is 0 Å². The Bertz CT molecular complexity index is 518. The summed E-state index contributed by atoms with van der Waals surface area (Å²) in [4.78, 5) is 12.5. The maximum Gasteiger partial charge on any atom is 0.153 e. The molecule has 0 amide bonds. The smallest absolute Gasteiger partial charge is 0.153 e. The summed E-state index contributed by atoms with van der Waals surface area (Å²) < 4.78 is 5.50. The molecular weight excluding hydrogens is 328 g/mol. The lowest BCUT2D eigenvalue weighted by molar-refractivity contribution is -0.121. The molecule has 0 saturated heterocycles. The molecule has 0 aromatic heterocycles. The van der Waals surface area contributed by atoms with Gasteiger partial charge in [0, 0.05) is 0 Å². The van der Waals surface area contributed by atoms with E-state index in [2.05, 4.69) is 27.9 Å². The minimum absolute atomic E-state index is 0.0494. The third kappa shape index (κ3) is 4.98. The fraction of sp³-hybridized carbons (Fsp3) is 0.500. The second-order valence-corrected chi connectivity index (χ2v) is 6.18. The molecule has 2 atom stereocenters. The third-order valence-electron chi connectivity index (χ3n) is 3.89. The third-order valence-corrected chi connectivity index (χ3v) is 4.40. The van der Waals surface area contributed by atoms with Crippen LogP contribution >= 0.6 is 15.9 Å². The van der Waals surface area contributed by atoms with Gasteiger partial charge in [-0.05, 0) is 39.2 Å². The summed E-state index contributed by atoms with van der Waals surface area (Å²) in [5.74, 6) is 2.66. The van der Waals surface area contributed by atoms with Crippen LogP contribution in [0.25, 0.3) is 0 Å². The molecule has 0 heterocycles. The minimum atomic E-state index is -0.497. The average Bonchev–Trinajstić information content (AvgIpc) is 2.49. The van der Waals surface area contributed by atoms with Crippen LogP contribution in [0.5, 0.6) is 0 Å². The van der Waals surface area contributed by atoms with Crippen molar-refractivity contribution in [1.82, 2.24) is 0 Å². The van der Waals surface area contributed by atoms with Crippen LogP contribution in [-0.2, 0) is 14.9 Å². The number of benzene rings is 1. The molecule has 0 radical (unpaired) electrons. The van der Waals surface area contributed by atoms with Crippen molar-refractivity contribution in [3.8, 4) is 12.3 Å². The van der Waals surface area contributed by atoms with Crippen LogP contribution in [0.3, 0.4) is 0 Å². The van der Waals surface area contributed by atoms with Crippen LogP contribution in [0.15, 0.2) is 24.3 Å². The van der Waals surface area contributed by atoms with Gasteiger partial charge in [-0.15, -0.1) is 6.42 Å². The zero-order chi connectivity index (χ0) is 15.9. The van der Waals surface area contributed by atoms with Gasteiger partial charge in [0.1, 0.15) is 6.61 Å². The summed E-state index contributed by atoms with van der Waals surface area (Å²) in [5, 5.41) is 0.358. The highest BCUT2D eigenvalue weighted by molar-refractivity contribution is 9.09. The number of Topliss-reactive ketones (excluding diaryl/α,β-unsaturated/α-hetero) is 1. The highest BCUT2D eigenvalue weighted by atomic mass is 79.9. The normalized spacial score (nSPS) is 15.0. The lowest BCUT2D eigenvalue weighted by Gasteiger charge is -2.29. The Morgan fingerprint density at radius 3 is 2.81 bits per heavy atom. The summed E-state index contributed by atoms with van der Waals surface area (Å²) in [7, 11) is 0. The molecule has 0 aliphatic rings. The van der Waals surface area contributed by atoms with Crippen molar-refractivity contribution in [2.24, 2.45) is 0 Å². The number of carbonyl (C=O) groups excluding carboxylic acids is 1. The second-order valence-electron chi connectivity index (χ2n) is 5.62. The molecule has 0 bridgehead atoms. The van der Waals surface area contributed by atoms with Crippen molar-refractivity contribution in [2.45, 2.75) is 45.1 Å². The Morgan fingerprint density at radius 1 is 1.52 bits per heavy atom. The van der Waals surface area contributed by atoms with E-state index in [0.717, 1.165) is 24.0 Å². The number of halogens is 1. The van der Waals surface area contributed by atoms with Crippen LogP contribution in [0.4, 0.5) is 0 Å². The summed E-state index contributed by atoms with van der Waals surface area (Å²) in [6.45, 7) is 6.36. The van der Waals surface area contributed by atoms with E-state index in [0.29, 0.717) is 11.9 Å². The number of aryl methyl sites for hydroxylation is 1. The van der Waals surface area contributed by atoms with Crippen LogP contribution < -0.4 is 0 Å². The Labute approximate surface area is 136 Å². The van der Waals surface area contributed by atoms with E-state index in [-0.39, 0.29) is 11.9 Å². The second kappa shape index (κ2) is 8.36. The van der Waals surface area contributed by atoms with Gasteiger partial charge in [0.15, 0.2) is 5.78 Å². The average molecular weight is 351 g/mol. The number of ketones is 1. The molecule has 0 N–H and O–H groups in total. The maximum absolute atomic E-state index is 12.5. The number of ether oxygens (including phenoxy) is 1. The predicted molar refractivity (Wildman–Crippen MR) is 90.8 cm³/mol. The van der Waals surface area contributed by atoms with Crippen LogP contribution in [-0.4, -0.2) is 23.8 Å². The van der Waals surface area contributed by atoms with Crippen molar-refractivity contribution < 1.29 is 9.53 Å². The zero-order valence-corrected chi connectivity index (χ0v) is 14.6. The molecule has 0 fully saturated rings. The minimum Gasteiger partial charge on any atom is -0.366 e. The molecule has 2 unspecified atom stereocenters. The van der Waals surface area contributed by atoms with E-state index in [1.165, 1.54) is 0 Å². The Balaban J connectivity index is 2.90. The zero-order valence-electron chi connectivity index (χ0n) is 13.0. The maximum atomic E-state index is 12.5. The van der Waals surface area contributed by atoms with Crippen LogP contribution in [0.2, 0.25) is 0 Å². The van der Waals surface area contributed by atoms with Crippen molar-refractivity contribution in [3.05, 3.63) is 35.4 Å². The number of alkyl halides is 1. The molecule has 0 aliphatic heterocycles. The highest BCUT2D eigenvalue weighted by Crippen LogP contribution is 2.32. The monoisotopic (exact) mass is 350 g/mol. The molecule has 0 spiro atoms. The van der Waals surface area contributed by atoms with Gasteiger partial charge in [0.2, 0.25) is 0 Å². The highest BCUT2D eigenvalue weighted by Gasteiger charge is 2.34. The number of hydrogen-bond donors (Lipinski definition) is 0.